The summed E-state index contributed by atoms with van der Waals surface area (Å²) in [4.78, 5) is 4.32. The third-order valence-corrected chi connectivity index (χ3v) is 3.06. The predicted molar refractivity (Wildman–Crippen MR) is 70.0 cm³/mol. The van der Waals surface area contributed by atoms with Crippen LogP contribution in [0, 0.1) is 0 Å². The zero-order chi connectivity index (χ0) is 12.5. The summed E-state index contributed by atoms with van der Waals surface area (Å²) < 4.78 is 7.06. The summed E-state index contributed by atoms with van der Waals surface area (Å²) in [5.74, 6) is 0.711. The van der Waals surface area contributed by atoms with E-state index in [0.29, 0.717) is 10.8 Å². The number of halogens is 1. The maximum absolute atomic E-state index is 6.26. The van der Waals surface area contributed by atoms with Crippen molar-refractivity contribution in [2.24, 2.45) is 0 Å². The molecule has 0 radical (unpaired) electrons. The van der Waals surface area contributed by atoms with Crippen LogP contribution >= 0.6 is 11.6 Å². The van der Waals surface area contributed by atoms with E-state index in [1.807, 2.05) is 30.5 Å². The number of fused-ring (bicyclic) bond motifs is 1. The molecule has 0 fully saturated rings. The molecule has 0 saturated heterocycles. The molecule has 18 heavy (non-hydrogen) atoms. The lowest BCUT2D eigenvalue weighted by atomic mass is 10.1. The van der Waals surface area contributed by atoms with Crippen LogP contribution < -0.4 is 4.74 Å². The molecule has 1 aromatic carbocycles. The van der Waals surface area contributed by atoms with Gasteiger partial charge in [0.15, 0.2) is 5.65 Å². The van der Waals surface area contributed by atoms with E-state index in [-0.39, 0.29) is 0 Å². The number of rotatable bonds is 2. The second-order valence-corrected chi connectivity index (χ2v) is 4.17. The van der Waals surface area contributed by atoms with Gasteiger partial charge in [0.25, 0.3) is 0 Å². The van der Waals surface area contributed by atoms with E-state index in [2.05, 4.69) is 10.1 Å². The van der Waals surface area contributed by atoms with Gasteiger partial charge in [0.05, 0.1) is 23.9 Å². The van der Waals surface area contributed by atoms with Crippen molar-refractivity contribution in [3.8, 4) is 16.9 Å². The number of hydrogen-bond acceptors (Lipinski definition) is 3. The van der Waals surface area contributed by atoms with Crippen molar-refractivity contribution in [1.29, 1.82) is 0 Å². The number of ether oxygens (including phenoxy) is 1. The molecular weight excluding hydrogens is 250 g/mol. The number of aromatic nitrogens is 3. The van der Waals surface area contributed by atoms with Crippen molar-refractivity contribution in [2.45, 2.75) is 0 Å². The second-order valence-electron chi connectivity index (χ2n) is 3.76. The highest BCUT2D eigenvalue weighted by Gasteiger charge is 2.15. The average Bonchev–Trinajstić information content (AvgIpc) is 2.82. The third kappa shape index (κ3) is 1.62. The van der Waals surface area contributed by atoms with Crippen molar-refractivity contribution >= 4 is 17.2 Å². The standard InChI is InChI=1S/C13H10ClN3O/c1-18-11-5-2-4-10(14)12(11)9-8-16-17-7-3-6-15-13(9)17/h2-8H,1H3. The van der Waals surface area contributed by atoms with Crippen molar-refractivity contribution in [2.75, 3.05) is 7.11 Å². The van der Waals surface area contributed by atoms with E-state index in [9.17, 15) is 0 Å². The van der Waals surface area contributed by atoms with Crippen molar-refractivity contribution < 1.29 is 4.74 Å². The molecule has 5 heteroatoms. The van der Waals surface area contributed by atoms with Gasteiger partial charge in [-0.25, -0.2) is 9.50 Å². The minimum atomic E-state index is 0.620. The summed E-state index contributed by atoms with van der Waals surface area (Å²) in [6.07, 6.45) is 5.31. The van der Waals surface area contributed by atoms with Gasteiger partial charge in [0, 0.05) is 18.0 Å². The maximum atomic E-state index is 6.26. The summed E-state index contributed by atoms with van der Waals surface area (Å²) in [6, 6.07) is 7.37. The van der Waals surface area contributed by atoms with E-state index in [0.717, 1.165) is 16.8 Å². The molecular formula is C13H10ClN3O. The van der Waals surface area contributed by atoms with E-state index in [4.69, 9.17) is 16.3 Å². The van der Waals surface area contributed by atoms with Crippen LogP contribution in [-0.2, 0) is 0 Å². The Balaban J connectivity index is 2.33. The van der Waals surface area contributed by atoms with E-state index < -0.39 is 0 Å². The first-order valence-electron chi connectivity index (χ1n) is 5.42. The zero-order valence-corrected chi connectivity index (χ0v) is 10.4. The van der Waals surface area contributed by atoms with Crippen LogP contribution in [0.4, 0.5) is 0 Å². The van der Waals surface area contributed by atoms with Crippen LogP contribution in [-0.4, -0.2) is 21.7 Å². The number of hydrogen-bond donors (Lipinski definition) is 0. The first kappa shape index (κ1) is 11.0. The van der Waals surface area contributed by atoms with Gasteiger partial charge in [-0.3, -0.25) is 0 Å². The lowest BCUT2D eigenvalue weighted by molar-refractivity contribution is 0.416. The smallest absolute Gasteiger partial charge is 0.162 e. The van der Waals surface area contributed by atoms with Crippen LogP contribution in [0.3, 0.4) is 0 Å². The molecule has 0 aliphatic heterocycles. The summed E-state index contributed by atoms with van der Waals surface area (Å²) in [5, 5.41) is 4.87. The summed E-state index contributed by atoms with van der Waals surface area (Å²) in [5.41, 5.74) is 2.43. The van der Waals surface area contributed by atoms with Crippen LogP contribution in [0.15, 0.2) is 42.9 Å². The molecule has 2 aromatic heterocycles. The first-order chi connectivity index (χ1) is 8.81. The average molecular weight is 260 g/mol. The topological polar surface area (TPSA) is 39.4 Å². The summed E-state index contributed by atoms with van der Waals surface area (Å²) in [7, 11) is 1.62. The van der Waals surface area contributed by atoms with Crippen LogP contribution in [0.25, 0.3) is 16.8 Å². The normalized spacial score (nSPS) is 10.8. The molecule has 3 rings (SSSR count). The lowest BCUT2D eigenvalue weighted by Gasteiger charge is -2.08. The number of methoxy groups -OCH3 is 1. The predicted octanol–water partition coefficient (Wildman–Crippen LogP) is 3.06. The molecule has 0 amide bonds. The Morgan fingerprint density at radius 1 is 1.28 bits per heavy atom. The minimum Gasteiger partial charge on any atom is -0.496 e. The molecule has 0 aliphatic rings. The fourth-order valence-electron chi connectivity index (χ4n) is 1.94. The SMILES string of the molecule is COc1cccc(Cl)c1-c1cnn2cccnc12. The van der Waals surface area contributed by atoms with Crippen molar-refractivity contribution in [3.63, 3.8) is 0 Å². The molecule has 3 aromatic rings. The molecule has 0 saturated carbocycles. The molecule has 0 atom stereocenters. The fourth-order valence-corrected chi connectivity index (χ4v) is 2.21. The van der Waals surface area contributed by atoms with Gasteiger partial charge in [-0.2, -0.15) is 5.10 Å². The highest BCUT2D eigenvalue weighted by molar-refractivity contribution is 6.34. The van der Waals surface area contributed by atoms with Gasteiger partial charge in [-0.15, -0.1) is 0 Å². The molecule has 0 unspecified atom stereocenters. The quantitative estimate of drug-likeness (QED) is 0.710. The minimum absolute atomic E-state index is 0.620. The highest BCUT2D eigenvalue weighted by atomic mass is 35.5. The third-order valence-electron chi connectivity index (χ3n) is 2.74. The first-order valence-corrected chi connectivity index (χ1v) is 5.80. The monoisotopic (exact) mass is 259 g/mol. The van der Waals surface area contributed by atoms with E-state index in [1.165, 1.54) is 0 Å². The Morgan fingerprint density at radius 2 is 2.17 bits per heavy atom. The molecule has 2 heterocycles. The van der Waals surface area contributed by atoms with Gasteiger partial charge in [-0.05, 0) is 18.2 Å². The summed E-state index contributed by atoms with van der Waals surface area (Å²) in [6.45, 7) is 0. The Kier molecular flexibility index (Phi) is 2.64. The van der Waals surface area contributed by atoms with Crippen LogP contribution in [0.5, 0.6) is 5.75 Å². The van der Waals surface area contributed by atoms with E-state index >= 15 is 0 Å². The van der Waals surface area contributed by atoms with Crippen LogP contribution in [0.1, 0.15) is 0 Å². The molecule has 90 valence electrons. The number of nitrogens with zero attached hydrogens (tertiary/aromatic N) is 3. The Morgan fingerprint density at radius 3 is 3.00 bits per heavy atom. The Hall–Kier alpha value is -2.07. The highest BCUT2D eigenvalue weighted by Crippen LogP contribution is 2.37. The van der Waals surface area contributed by atoms with Crippen molar-refractivity contribution in [1.82, 2.24) is 14.6 Å². The maximum Gasteiger partial charge on any atom is 0.162 e. The van der Waals surface area contributed by atoms with Gasteiger partial charge in [0.2, 0.25) is 0 Å². The molecule has 0 spiro atoms. The number of benzene rings is 1. The molecule has 0 N–H and O–H groups in total. The van der Waals surface area contributed by atoms with Gasteiger partial charge >= 0.3 is 0 Å². The second kappa shape index (κ2) is 4.31. The Bertz CT molecular complexity index is 708. The lowest BCUT2D eigenvalue weighted by Crippen LogP contribution is -1.90. The summed E-state index contributed by atoms with van der Waals surface area (Å²) >= 11 is 6.26. The van der Waals surface area contributed by atoms with E-state index in [1.54, 1.807) is 24.0 Å². The largest absolute Gasteiger partial charge is 0.496 e. The molecule has 0 aliphatic carbocycles. The van der Waals surface area contributed by atoms with Crippen molar-refractivity contribution in [3.05, 3.63) is 47.9 Å². The Labute approximate surface area is 109 Å². The van der Waals surface area contributed by atoms with Gasteiger partial charge < -0.3 is 4.74 Å². The fraction of sp³-hybridized carbons (Fsp3) is 0.0769. The zero-order valence-electron chi connectivity index (χ0n) is 9.67. The molecule has 0 bridgehead atoms. The van der Waals surface area contributed by atoms with Gasteiger partial charge in [0.1, 0.15) is 5.75 Å². The molecule has 4 nitrogen and oxygen atoms in total. The van der Waals surface area contributed by atoms with Gasteiger partial charge in [-0.1, -0.05) is 17.7 Å². The van der Waals surface area contributed by atoms with Crippen LogP contribution in [0.2, 0.25) is 5.02 Å².